The summed E-state index contributed by atoms with van der Waals surface area (Å²) in [6.07, 6.45) is 2.32. The molecule has 1 aromatic rings. The zero-order valence-corrected chi connectivity index (χ0v) is 9.88. The van der Waals surface area contributed by atoms with E-state index in [0.29, 0.717) is 0 Å². The molecule has 2 rings (SSSR count). The van der Waals surface area contributed by atoms with Gasteiger partial charge in [-0.1, -0.05) is 6.92 Å². The summed E-state index contributed by atoms with van der Waals surface area (Å²) in [6.45, 7) is 9.55. The van der Waals surface area contributed by atoms with E-state index in [1.54, 1.807) is 0 Å². The van der Waals surface area contributed by atoms with Crippen LogP contribution in [0.2, 0.25) is 0 Å². The molecule has 1 fully saturated rings. The molecule has 1 aliphatic rings. The summed E-state index contributed by atoms with van der Waals surface area (Å²) >= 11 is 0. The molecule has 84 valence electrons. The van der Waals surface area contributed by atoms with Crippen molar-refractivity contribution in [3.8, 4) is 0 Å². The molecule has 1 saturated heterocycles. The average molecular weight is 208 g/mol. The Hall–Kier alpha value is -0.900. The fraction of sp³-hybridized carbons (Fsp3) is 0.818. The van der Waals surface area contributed by atoms with E-state index in [9.17, 15) is 0 Å². The Labute approximate surface area is 91.1 Å². The Kier molecular flexibility index (Phi) is 2.78. The summed E-state index contributed by atoms with van der Waals surface area (Å²) in [6, 6.07) is 0. The first kappa shape index (κ1) is 10.6. The van der Waals surface area contributed by atoms with E-state index < -0.39 is 0 Å². The molecule has 0 aliphatic carbocycles. The standard InChI is InChI=1S/C11H20N4/c1-4-11(6-7-12-8-11)10-14-13-9(3)15(10)5-2/h12H,4-8H2,1-3H3. The molecule has 1 aliphatic heterocycles. The molecule has 1 unspecified atom stereocenters. The smallest absolute Gasteiger partial charge is 0.140 e. The van der Waals surface area contributed by atoms with Crippen molar-refractivity contribution in [2.24, 2.45) is 0 Å². The number of aromatic nitrogens is 3. The van der Waals surface area contributed by atoms with Crippen molar-refractivity contribution in [1.29, 1.82) is 0 Å². The minimum absolute atomic E-state index is 0.220. The highest BCUT2D eigenvalue weighted by atomic mass is 15.3. The molecule has 0 aromatic carbocycles. The summed E-state index contributed by atoms with van der Waals surface area (Å²) in [5.41, 5.74) is 0.220. The molecular formula is C11H20N4. The Balaban J connectivity index is 2.42. The third-order valence-electron chi connectivity index (χ3n) is 3.65. The molecule has 1 aromatic heterocycles. The van der Waals surface area contributed by atoms with Gasteiger partial charge in [0.25, 0.3) is 0 Å². The number of rotatable bonds is 3. The lowest BCUT2D eigenvalue weighted by Crippen LogP contribution is -2.32. The van der Waals surface area contributed by atoms with Gasteiger partial charge in [0.15, 0.2) is 0 Å². The topological polar surface area (TPSA) is 42.7 Å². The molecule has 2 heterocycles. The van der Waals surface area contributed by atoms with Crippen LogP contribution in [-0.2, 0) is 12.0 Å². The van der Waals surface area contributed by atoms with Crippen LogP contribution in [0.1, 0.15) is 38.3 Å². The first-order valence-electron chi connectivity index (χ1n) is 5.84. The third-order valence-corrected chi connectivity index (χ3v) is 3.65. The lowest BCUT2D eigenvalue weighted by molar-refractivity contribution is 0.403. The summed E-state index contributed by atoms with van der Waals surface area (Å²) in [5, 5.41) is 12.0. The summed E-state index contributed by atoms with van der Waals surface area (Å²) in [5.74, 6) is 2.21. The van der Waals surface area contributed by atoms with Crippen molar-refractivity contribution in [3.63, 3.8) is 0 Å². The van der Waals surface area contributed by atoms with E-state index in [4.69, 9.17) is 0 Å². The van der Waals surface area contributed by atoms with Gasteiger partial charge in [-0.2, -0.15) is 0 Å². The largest absolute Gasteiger partial charge is 0.316 e. The zero-order chi connectivity index (χ0) is 10.9. The predicted octanol–water partition coefficient (Wildman–Crippen LogP) is 1.25. The van der Waals surface area contributed by atoms with E-state index in [1.165, 1.54) is 12.2 Å². The van der Waals surface area contributed by atoms with Crippen LogP contribution < -0.4 is 5.32 Å². The van der Waals surface area contributed by atoms with E-state index in [2.05, 4.69) is 33.9 Å². The predicted molar refractivity (Wildman–Crippen MR) is 59.9 cm³/mol. The van der Waals surface area contributed by atoms with Crippen LogP contribution in [0.15, 0.2) is 0 Å². The maximum absolute atomic E-state index is 4.38. The van der Waals surface area contributed by atoms with Crippen molar-refractivity contribution in [2.45, 2.75) is 45.6 Å². The van der Waals surface area contributed by atoms with Crippen LogP contribution >= 0.6 is 0 Å². The van der Waals surface area contributed by atoms with Gasteiger partial charge in [-0.15, -0.1) is 10.2 Å². The monoisotopic (exact) mass is 208 g/mol. The number of hydrogen-bond donors (Lipinski definition) is 1. The van der Waals surface area contributed by atoms with Crippen molar-refractivity contribution in [3.05, 3.63) is 11.6 Å². The summed E-state index contributed by atoms with van der Waals surface area (Å²) < 4.78 is 2.25. The van der Waals surface area contributed by atoms with Crippen molar-refractivity contribution in [1.82, 2.24) is 20.1 Å². The number of nitrogens with one attached hydrogen (secondary N) is 1. The van der Waals surface area contributed by atoms with Gasteiger partial charge in [0.05, 0.1) is 0 Å². The second-order valence-electron chi connectivity index (χ2n) is 4.38. The van der Waals surface area contributed by atoms with E-state index in [-0.39, 0.29) is 5.41 Å². The lowest BCUT2D eigenvalue weighted by atomic mass is 9.83. The average Bonchev–Trinajstić information content (AvgIpc) is 2.84. The van der Waals surface area contributed by atoms with Gasteiger partial charge in [0.2, 0.25) is 0 Å². The maximum atomic E-state index is 4.38. The second kappa shape index (κ2) is 3.93. The molecule has 0 bridgehead atoms. The van der Waals surface area contributed by atoms with E-state index in [0.717, 1.165) is 31.9 Å². The van der Waals surface area contributed by atoms with Crippen LogP contribution in [0.5, 0.6) is 0 Å². The van der Waals surface area contributed by atoms with Crippen LogP contribution in [-0.4, -0.2) is 27.9 Å². The first-order valence-corrected chi connectivity index (χ1v) is 5.84. The van der Waals surface area contributed by atoms with Gasteiger partial charge >= 0.3 is 0 Å². The second-order valence-corrected chi connectivity index (χ2v) is 4.38. The van der Waals surface area contributed by atoms with Gasteiger partial charge in [-0.05, 0) is 33.2 Å². The molecule has 1 N–H and O–H groups in total. The van der Waals surface area contributed by atoms with Crippen molar-refractivity contribution >= 4 is 0 Å². The van der Waals surface area contributed by atoms with Crippen molar-refractivity contribution < 1.29 is 0 Å². The van der Waals surface area contributed by atoms with Gasteiger partial charge in [-0.25, -0.2) is 0 Å². The van der Waals surface area contributed by atoms with Crippen LogP contribution in [0.3, 0.4) is 0 Å². The van der Waals surface area contributed by atoms with Crippen LogP contribution in [0.25, 0.3) is 0 Å². The first-order chi connectivity index (χ1) is 7.23. The molecule has 0 saturated carbocycles. The normalized spacial score (nSPS) is 26.1. The molecule has 0 amide bonds. The highest BCUT2D eigenvalue weighted by Gasteiger charge is 2.38. The molecular weight excluding hydrogens is 188 g/mol. The minimum Gasteiger partial charge on any atom is -0.316 e. The molecule has 0 spiro atoms. The highest BCUT2D eigenvalue weighted by Crippen LogP contribution is 2.32. The Morgan fingerprint density at radius 2 is 2.20 bits per heavy atom. The number of aryl methyl sites for hydroxylation is 1. The maximum Gasteiger partial charge on any atom is 0.140 e. The molecule has 15 heavy (non-hydrogen) atoms. The van der Waals surface area contributed by atoms with Gasteiger partial charge < -0.3 is 9.88 Å². The van der Waals surface area contributed by atoms with Gasteiger partial charge in [0.1, 0.15) is 11.6 Å². The van der Waals surface area contributed by atoms with Gasteiger partial charge in [0, 0.05) is 18.5 Å². The zero-order valence-electron chi connectivity index (χ0n) is 9.88. The SMILES string of the molecule is CCn1c(C)nnc1C1(CC)CCNC1. The third kappa shape index (κ3) is 1.57. The molecule has 4 nitrogen and oxygen atoms in total. The van der Waals surface area contributed by atoms with Crippen LogP contribution in [0.4, 0.5) is 0 Å². The van der Waals surface area contributed by atoms with E-state index >= 15 is 0 Å². The van der Waals surface area contributed by atoms with Crippen molar-refractivity contribution in [2.75, 3.05) is 13.1 Å². The number of nitrogens with zero attached hydrogens (tertiary/aromatic N) is 3. The molecule has 0 radical (unpaired) electrons. The van der Waals surface area contributed by atoms with Crippen LogP contribution in [0, 0.1) is 6.92 Å². The quantitative estimate of drug-likeness (QED) is 0.813. The van der Waals surface area contributed by atoms with E-state index in [1.807, 2.05) is 6.92 Å². The summed E-state index contributed by atoms with van der Waals surface area (Å²) in [7, 11) is 0. The Bertz CT molecular complexity index is 336. The fourth-order valence-corrected chi connectivity index (χ4v) is 2.55. The summed E-state index contributed by atoms with van der Waals surface area (Å²) in [4.78, 5) is 0. The Morgan fingerprint density at radius 3 is 2.73 bits per heavy atom. The fourth-order valence-electron chi connectivity index (χ4n) is 2.55. The minimum atomic E-state index is 0.220. The van der Waals surface area contributed by atoms with Gasteiger partial charge in [-0.3, -0.25) is 0 Å². The molecule has 1 atom stereocenters. The lowest BCUT2D eigenvalue weighted by Gasteiger charge is -2.26. The highest BCUT2D eigenvalue weighted by molar-refractivity contribution is 5.14. The number of hydrogen-bond acceptors (Lipinski definition) is 3. The Morgan fingerprint density at radius 1 is 1.40 bits per heavy atom. The molecule has 4 heteroatoms.